The lowest BCUT2D eigenvalue weighted by atomic mass is 10.2. The van der Waals surface area contributed by atoms with Crippen molar-refractivity contribution in [2.75, 3.05) is 13.2 Å². The van der Waals surface area contributed by atoms with E-state index < -0.39 is 0 Å². The van der Waals surface area contributed by atoms with Gasteiger partial charge in [0.05, 0.1) is 24.8 Å². The minimum absolute atomic E-state index is 0.228. The Kier molecular flexibility index (Phi) is 4.97. The van der Waals surface area contributed by atoms with Crippen LogP contribution in [0.2, 0.25) is 5.02 Å². The maximum Gasteiger partial charge on any atom is 0.251 e. The van der Waals surface area contributed by atoms with Crippen LogP contribution in [0.1, 0.15) is 47.7 Å². The van der Waals surface area contributed by atoms with Crippen LogP contribution < -0.4 is 14.8 Å². The van der Waals surface area contributed by atoms with Crippen molar-refractivity contribution in [2.45, 2.75) is 45.2 Å². The number of amides is 1. The summed E-state index contributed by atoms with van der Waals surface area (Å²) < 4.78 is 13.4. The summed E-state index contributed by atoms with van der Waals surface area (Å²) in [5, 5.41) is 11.8. The van der Waals surface area contributed by atoms with E-state index in [1.165, 1.54) is 6.42 Å². The molecule has 0 saturated heterocycles. The van der Waals surface area contributed by atoms with Gasteiger partial charge in [0, 0.05) is 24.9 Å². The fourth-order valence-electron chi connectivity index (χ4n) is 3.30. The Morgan fingerprint density at radius 3 is 2.96 bits per heavy atom. The molecule has 4 rings (SSSR count). The molecule has 2 aliphatic rings. The highest BCUT2D eigenvalue weighted by atomic mass is 35.5. The molecule has 2 aromatic rings. The lowest BCUT2D eigenvalue weighted by molar-refractivity contribution is 0.0949. The lowest BCUT2D eigenvalue weighted by Crippen LogP contribution is -2.25. The zero-order valence-electron chi connectivity index (χ0n) is 14.5. The maximum atomic E-state index is 12.6. The second kappa shape index (κ2) is 7.53. The number of nitrogens with one attached hydrogen (secondary N) is 1. The number of hydrogen-bond acceptors (Lipinski definition) is 5. The molecule has 0 atom stereocenters. The fourth-order valence-corrected chi connectivity index (χ4v) is 3.56. The number of aryl methyl sites for hydroxylation is 1. The van der Waals surface area contributed by atoms with E-state index in [0.717, 1.165) is 43.9 Å². The van der Waals surface area contributed by atoms with Crippen molar-refractivity contribution in [1.82, 2.24) is 20.1 Å². The molecule has 7 nitrogen and oxygen atoms in total. The number of nitrogens with zero attached hydrogens (tertiary/aromatic N) is 3. The Hall–Kier alpha value is -2.28. The van der Waals surface area contributed by atoms with Gasteiger partial charge in [0.2, 0.25) is 0 Å². The van der Waals surface area contributed by atoms with E-state index in [1.807, 2.05) is 0 Å². The monoisotopic (exact) mass is 376 g/mol. The highest BCUT2D eigenvalue weighted by Gasteiger charge is 2.19. The van der Waals surface area contributed by atoms with E-state index >= 15 is 0 Å². The molecular formula is C18H21ClN4O3. The minimum atomic E-state index is -0.228. The topological polar surface area (TPSA) is 78.3 Å². The predicted octanol–water partition coefficient (Wildman–Crippen LogP) is 2.75. The van der Waals surface area contributed by atoms with Gasteiger partial charge in [0.15, 0.2) is 17.3 Å². The second-order valence-electron chi connectivity index (χ2n) is 6.51. The standard InChI is InChI=1S/C18H21ClN4O3/c19-13-9-12(10-14-17(13)26-8-4-7-25-14)18(24)20-11-16-22-21-15-5-2-1-3-6-23(15)16/h9-10H,1-8,11H2,(H,20,24). The number of hydrogen-bond donors (Lipinski definition) is 1. The van der Waals surface area contributed by atoms with E-state index in [9.17, 15) is 4.79 Å². The van der Waals surface area contributed by atoms with E-state index in [4.69, 9.17) is 21.1 Å². The van der Waals surface area contributed by atoms with E-state index in [2.05, 4.69) is 20.1 Å². The second-order valence-corrected chi connectivity index (χ2v) is 6.92. The van der Waals surface area contributed by atoms with Gasteiger partial charge in [-0.25, -0.2) is 0 Å². The normalized spacial score (nSPS) is 16.3. The number of benzene rings is 1. The Morgan fingerprint density at radius 1 is 1.15 bits per heavy atom. The van der Waals surface area contributed by atoms with Crippen molar-refractivity contribution in [3.8, 4) is 11.5 Å². The van der Waals surface area contributed by atoms with Crippen molar-refractivity contribution in [3.05, 3.63) is 34.4 Å². The molecule has 0 unspecified atom stereocenters. The van der Waals surface area contributed by atoms with E-state index in [-0.39, 0.29) is 5.91 Å². The first-order valence-corrected chi connectivity index (χ1v) is 9.38. The smallest absolute Gasteiger partial charge is 0.251 e. The molecule has 0 bridgehead atoms. The summed E-state index contributed by atoms with van der Waals surface area (Å²) in [5.41, 5.74) is 0.440. The molecule has 1 N–H and O–H groups in total. The molecule has 8 heteroatoms. The molecule has 2 aliphatic heterocycles. The van der Waals surface area contributed by atoms with Crippen LogP contribution in [0.25, 0.3) is 0 Å². The van der Waals surface area contributed by atoms with Crippen molar-refractivity contribution in [3.63, 3.8) is 0 Å². The van der Waals surface area contributed by atoms with Crippen LogP contribution in [0.4, 0.5) is 0 Å². The molecule has 138 valence electrons. The number of ether oxygens (including phenoxy) is 2. The lowest BCUT2D eigenvalue weighted by Gasteiger charge is -2.12. The van der Waals surface area contributed by atoms with Crippen molar-refractivity contribution >= 4 is 17.5 Å². The van der Waals surface area contributed by atoms with Crippen LogP contribution in [-0.4, -0.2) is 33.9 Å². The Bertz CT molecular complexity index is 821. The summed E-state index contributed by atoms with van der Waals surface area (Å²) in [6.45, 7) is 2.33. The molecule has 0 radical (unpaired) electrons. The molecular weight excluding hydrogens is 356 g/mol. The zero-order valence-corrected chi connectivity index (χ0v) is 15.2. The average molecular weight is 377 g/mol. The van der Waals surface area contributed by atoms with Gasteiger partial charge in [0.1, 0.15) is 5.82 Å². The summed E-state index contributed by atoms with van der Waals surface area (Å²) >= 11 is 6.27. The number of carbonyl (C=O) groups excluding carboxylic acids is 1. The first-order valence-electron chi connectivity index (χ1n) is 9.00. The van der Waals surface area contributed by atoms with E-state index in [1.54, 1.807) is 12.1 Å². The number of halogens is 1. The third-order valence-corrected chi connectivity index (χ3v) is 4.94. The SMILES string of the molecule is O=C(NCc1nnc2n1CCCCC2)c1cc(Cl)c2c(c1)OCCCO2. The van der Waals surface area contributed by atoms with Crippen molar-refractivity contribution < 1.29 is 14.3 Å². The molecule has 0 spiro atoms. The quantitative estimate of drug-likeness (QED) is 0.891. The minimum Gasteiger partial charge on any atom is -0.489 e. The van der Waals surface area contributed by atoms with Gasteiger partial charge in [-0.3, -0.25) is 4.79 Å². The molecule has 1 aromatic heterocycles. The number of rotatable bonds is 3. The third-order valence-electron chi connectivity index (χ3n) is 4.66. The first-order chi connectivity index (χ1) is 12.7. The highest BCUT2D eigenvalue weighted by Crippen LogP contribution is 2.37. The Morgan fingerprint density at radius 2 is 2.04 bits per heavy atom. The largest absolute Gasteiger partial charge is 0.489 e. The Labute approximate surface area is 156 Å². The number of carbonyl (C=O) groups is 1. The van der Waals surface area contributed by atoms with Crippen LogP contribution in [-0.2, 0) is 19.5 Å². The van der Waals surface area contributed by atoms with Crippen LogP contribution >= 0.6 is 11.6 Å². The predicted molar refractivity (Wildman–Crippen MR) is 95.8 cm³/mol. The van der Waals surface area contributed by atoms with Crippen molar-refractivity contribution in [2.24, 2.45) is 0 Å². The van der Waals surface area contributed by atoms with Crippen LogP contribution in [0, 0.1) is 0 Å². The van der Waals surface area contributed by atoms with Gasteiger partial charge in [-0.15, -0.1) is 10.2 Å². The summed E-state index contributed by atoms with van der Waals surface area (Å²) in [6, 6.07) is 3.28. The number of fused-ring (bicyclic) bond motifs is 2. The highest BCUT2D eigenvalue weighted by molar-refractivity contribution is 6.32. The molecule has 1 amide bonds. The maximum absolute atomic E-state index is 12.6. The molecule has 26 heavy (non-hydrogen) atoms. The van der Waals surface area contributed by atoms with E-state index in [0.29, 0.717) is 41.8 Å². The van der Waals surface area contributed by atoms with Gasteiger partial charge >= 0.3 is 0 Å². The van der Waals surface area contributed by atoms with Gasteiger partial charge in [-0.05, 0) is 25.0 Å². The molecule has 0 fully saturated rings. The summed E-state index contributed by atoms with van der Waals surface area (Å²) in [6.07, 6.45) is 5.18. The van der Waals surface area contributed by atoms with Crippen LogP contribution in [0.5, 0.6) is 11.5 Å². The van der Waals surface area contributed by atoms with Gasteiger partial charge in [0.25, 0.3) is 5.91 Å². The van der Waals surface area contributed by atoms with Gasteiger partial charge < -0.3 is 19.4 Å². The molecule has 3 heterocycles. The fraction of sp³-hybridized carbons (Fsp3) is 0.500. The number of aromatic nitrogens is 3. The van der Waals surface area contributed by atoms with Crippen LogP contribution in [0.3, 0.4) is 0 Å². The zero-order chi connectivity index (χ0) is 17.9. The molecule has 1 aromatic carbocycles. The van der Waals surface area contributed by atoms with Gasteiger partial charge in [-0.2, -0.15) is 0 Å². The van der Waals surface area contributed by atoms with Crippen LogP contribution in [0.15, 0.2) is 12.1 Å². The molecule has 0 aliphatic carbocycles. The first kappa shape index (κ1) is 17.1. The van der Waals surface area contributed by atoms with Gasteiger partial charge in [-0.1, -0.05) is 18.0 Å². The third kappa shape index (κ3) is 3.49. The molecule has 0 saturated carbocycles. The summed E-state index contributed by atoms with van der Waals surface area (Å²) in [5.74, 6) is 2.58. The van der Waals surface area contributed by atoms with Crippen molar-refractivity contribution in [1.29, 1.82) is 0 Å². The summed E-state index contributed by atoms with van der Waals surface area (Å²) in [4.78, 5) is 12.6. The summed E-state index contributed by atoms with van der Waals surface area (Å²) in [7, 11) is 0. The Balaban J connectivity index is 1.48. The average Bonchev–Trinajstić information content (AvgIpc) is 2.84.